The number of benzene rings is 2. The summed E-state index contributed by atoms with van der Waals surface area (Å²) in [6.07, 6.45) is 0. The van der Waals surface area contributed by atoms with Crippen LogP contribution < -0.4 is 5.56 Å². The number of fused-ring (bicyclic) bond motifs is 1. The van der Waals surface area contributed by atoms with Crippen LogP contribution in [0.15, 0.2) is 47.3 Å². The highest BCUT2D eigenvalue weighted by Gasteiger charge is 2.09. The quantitative estimate of drug-likeness (QED) is 0.725. The highest BCUT2D eigenvalue weighted by Crippen LogP contribution is 2.19. The number of nitrogens with zero attached hydrogens (tertiary/aromatic N) is 1. The van der Waals surface area contributed by atoms with Crippen molar-refractivity contribution in [1.82, 2.24) is 9.97 Å². The van der Waals surface area contributed by atoms with E-state index in [1.54, 1.807) is 24.3 Å². The zero-order chi connectivity index (χ0) is 13.4. The molecule has 0 unspecified atom stereocenters. The van der Waals surface area contributed by atoms with Crippen LogP contribution in [0.25, 0.3) is 22.3 Å². The molecule has 0 aliphatic carbocycles. The summed E-state index contributed by atoms with van der Waals surface area (Å²) >= 11 is 0. The van der Waals surface area contributed by atoms with E-state index in [1.807, 2.05) is 19.1 Å². The average molecular weight is 254 g/mol. The van der Waals surface area contributed by atoms with Crippen LogP contribution in [0.4, 0.5) is 4.39 Å². The third kappa shape index (κ3) is 2.01. The molecule has 19 heavy (non-hydrogen) atoms. The SMILES string of the molecule is Cc1ccc2c(=O)[nH]c(-c3ccccc3F)nc2c1. The lowest BCUT2D eigenvalue weighted by Gasteiger charge is -2.04. The molecule has 0 amide bonds. The van der Waals surface area contributed by atoms with Gasteiger partial charge in [0, 0.05) is 0 Å². The summed E-state index contributed by atoms with van der Waals surface area (Å²) < 4.78 is 13.7. The maximum absolute atomic E-state index is 13.7. The lowest BCUT2D eigenvalue weighted by atomic mass is 10.1. The summed E-state index contributed by atoms with van der Waals surface area (Å²) in [4.78, 5) is 18.9. The van der Waals surface area contributed by atoms with Crippen LogP contribution in [-0.2, 0) is 0 Å². The Morgan fingerprint density at radius 1 is 1.16 bits per heavy atom. The van der Waals surface area contributed by atoms with E-state index in [-0.39, 0.29) is 11.4 Å². The molecule has 0 atom stereocenters. The van der Waals surface area contributed by atoms with E-state index in [0.717, 1.165) is 5.56 Å². The van der Waals surface area contributed by atoms with E-state index in [9.17, 15) is 9.18 Å². The van der Waals surface area contributed by atoms with Crippen LogP contribution in [0.1, 0.15) is 5.56 Å². The molecule has 94 valence electrons. The van der Waals surface area contributed by atoms with Crippen LogP contribution in [-0.4, -0.2) is 9.97 Å². The standard InChI is InChI=1S/C15H11FN2O/c1-9-6-7-11-13(8-9)17-14(18-15(11)19)10-4-2-3-5-12(10)16/h2-8H,1H3,(H,17,18,19). The maximum atomic E-state index is 13.7. The summed E-state index contributed by atoms with van der Waals surface area (Å²) in [6, 6.07) is 11.6. The van der Waals surface area contributed by atoms with Gasteiger partial charge in [-0.05, 0) is 36.8 Å². The molecule has 0 aliphatic heterocycles. The molecule has 0 saturated carbocycles. The fourth-order valence-corrected chi connectivity index (χ4v) is 2.03. The van der Waals surface area contributed by atoms with Crippen LogP contribution in [0.5, 0.6) is 0 Å². The minimum Gasteiger partial charge on any atom is -0.306 e. The third-order valence-electron chi connectivity index (χ3n) is 2.99. The summed E-state index contributed by atoms with van der Waals surface area (Å²) in [5.74, 6) is -0.154. The Morgan fingerprint density at radius 2 is 1.95 bits per heavy atom. The second kappa shape index (κ2) is 4.31. The van der Waals surface area contributed by atoms with Crippen LogP contribution in [0.3, 0.4) is 0 Å². The number of nitrogens with one attached hydrogen (secondary N) is 1. The number of hydrogen-bond donors (Lipinski definition) is 1. The molecule has 3 nitrogen and oxygen atoms in total. The lowest BCUT2D eigenvalue weighted by Crippen LogP contribution is -2.10. The van der Waals surface area contributed by atoms with Crippen molar-refractivity contribution in [2.75, 3.05) is 0 Å². The van der Waals surface area contributed by atoms with Gasteiger partial charge >= 0.3 is 0 Å². The van der Waals surface area contributed by atoms with Gasteiger partial charge in [-0.15, -0.1) is 0 Å². The average Bonchev–Trinajstić information content (AvgIpc) is 2.38. The van der Waals surface area contributed by atoms with Crippen molar-refractivity contribution in [2.24, 2.45) is 0 Å². The van der Waals surface area contributed by atoms with Gasteiger partial charge in [0.25, 0.3) is 5.56 Å². The Morgan fingerprint density at radius 3 is 2.74 bits per heavy atom. The summed E-state index contributed by atoms with van der Waals surface area (Å²) in [5.41, 5.74) is 1.61. The van der Waals surface area contributed by atoms with E-state index in [2.05, 4.69) is 9.97 Å². The lowest BCUT2D eigenvalue weighted by molar-refractivity contribution is 0.630. The first-order valence-corrected chi connectivity index (χ1v) is 5.91. The van der Waals surface area contributed by atoms with Crippen molar-refractivity contribution in [3.8, 4) is 11.4 Å². The normalized spacial score (nSPS) is 10.8. The van der Waals surface area contributed by atoms with Crippen LogP contribution in [0.2, 0.25) is 0 Å². The molecule has 0 saturated heterocycles. The number of halogens is 1. The number of aromatic amines is 1. The molecule has 1 N–H and O–H groups in total. The summed E-state index contributed by atoms with van der Waals surface area (Å²) in [6.45, 7) is 1.92. The fraction of sp³-hybridized carbons (Fsp3) is 0.0667. The molecular formula is C15H11FN2O. The maximum Gasteiger partial charge on any atom is 0.259 e. The minimum absolute atomic E-state index is 0.251. The van der Waals surface area contributed by atoms with E-state index in [4.69, 9.17) is 0 Å². The van der Waals surface area contributed by atoms with Gasteiger partial charge in [0.15, 0.2) is 0 Å². The Kier molecular flexibility index (Phi) is 2.63. The van der Waals surface area contributed by atoms with Gasteiger partial charge in [-0.25, -0.2) is 9.37 Å². The molecule has 4 heteroatoms. The van der Waals surface area contributed by atoms with Gasteiger partial charge in [-0.2, -0.15) is 0 Å². The van der Waals surface area contributed by atoms with Crippen LogP contribution >= 0.6 is 0 Å². The summed E-state index contributed by atoms with van der Waals surface area (Å²) in [5, 5.41) is 0.505. The van der Waals surface area contributed by atoms with Gasteiger partial charge in [0.2, 0.25) is 0 Å². The van der Waals surface area contributed by atoms with Gasteiger partial charge in [0.1, 0.15) is 11.6 Å². The van der Waals surface area contributed by atoms with Crippen LogP contribution in [0, 0.1) is 12.7 Å². The Balaban J connectivity index is 2.32. The Bertz CT molecular complexity index is 824. The molecule has 0 aliphatic rings. The molecule has 0 fully saturated rings. The van der Waals surface area contributed by atoms with E-state index < -0.39 is 5.82 Å². The minimum atomic E-state index is -0.405. The second-order valence-corrected chi connectivity index (χ2v) is 4.41. The van der Waals surface area contributed by atoms with Gasteiger partial charge in [-0.3, -0.25) is 4.79 Å². The molecule has 0 spiro atoms. The number of H-pyrrole nitrogens is 1. The highest BCUT2D eigenvalue weighted by molar-refractivity contribution is 5.80. The smallest absolute Gasteiger partial charge is 0.259 e. The monoisotopic (exact) mass is 254 g/mol. The Labute approximate surface area is 108 Å². The second-order valence-electron chi connectivity index (χ2n) is 4.41. The molecule has 2 aromatic carbocycles. The predicted molar refractivity (Wildman–Crippen MR) is 72.5 cm³/mol. The predicted octanol–water partition coefficient (Wildman–Crippen LogP) is 3.04. The highest BCUT2D eigenvalue weighted by atomic mass is 19.1. The molecule has 1 heterocycles. The van der Waals surface area contributed by atoms with E-state index in [1.165, 1.54) is 6.07 Å². The fourth-order valence-electron chi connectivity index (χ4n) is 2.03. The first kappa shape index (κ1) is 11.6. The topological polar surface area (TPSA) is 45.8 Å². The first-order chi connectivity index (χ1) is 9.15. The van der Waals surface area contributed by atoms with E-state index in [0.29, 0.717) is 16.5 Å². The number of hydrogen-bond acceptors (Lipinski definition) is 2. The van der Waals surface area contributed by atoms with Crippen molar-refractivity contribution < 1.29 is 4.39 Å². The molecule has 3 rings (SSSR count). The molecule has 1 aromatic heterocycles. The Hall–Kier alpha value is -2.49. The zero-order valence-electron chi connectivity index (χ0n) is 10.3. The summed E-state index contributed by atoms with van der Waals surface area (Å²) in [7, 11) is 0. The van der Waals surface area contributed by atoms with Crippen molar-refractivity contribution in [3.63, 3.8) is 0 Å². The molecule has 0 radical (unpaired) electrons. The van der Waals surface area contributed by atoms with Gasteiger partial charge < -0.3 is 4.98 Å². The first-order valence-electron chi connectivity index (χ1n) is 5.91. The van der Waals surface area contributed by atoms with E-state index >= 15 is 0 Å². The third-order valence-corrected chi connectivity index (χ3v) is 2.99. The van der Waals surface area contributed by atoms with Crippen molar-refractivity contribution in [3.05, 3.63) is 64.2 Å². The van der Waals surface area contributed by atoms with Crippen molar-refractivity contribution >= 4 is 10.9 Å². The largest absolute Gasteiger partial charge is 0.306 e. The number of aromatic nitrogens is 2. The van der Waals surface area contributed by atoms with Gasteiger partial charge in [-0.1, -0.05) is 18.2 Å². The number of rotatable bonds is 1. The zero-order valence-corrected chi connectivity index (χ0v) is 10.3. The molecule has 3 aromatic rings. The van der Waals surface area contributed by atoms with Crippen molar-refractivity contribution in [2.45, 2.75) is 6.92 Å². The van der Waals surface area contributed by atoms with Gasteiger partial charge in [0.05, 0.1) is 16.5 Å². The molecule has 0 bridgehead atoms. The molecular weight excluding hydrogens is 243 g/mol. The number of aryl methyl sites for hydroxylation is 1. The van der Waals surface area contributed by atoms with Crippen molar-refractivity contribution in [1.29, 1.82) is 0 Å².